The fraction of sp³-hybridized carbons (Fsp3) is 0.235. The minimum absolute atomic E-state index is 0.348. The molecule has 2 aromatic rings. The average Bonchev–Trinajstić information content (AvgIpc) is 2.81. The van der Waals surface area contributed by atoms with Crippen molar-refractivity contribution in [2.75, 3.05) is 0 Å². The molecule has 2 aromatic carbocycles. The molecule has 0 amide bonds. The Morgan fingerprint density at radius 2 is 1.80 bits per heavy atom. The Kier molecular flexibility index (Phi) is 3.23. The van der Waals surface area contributed by atoms with Crippen LogP contribution in [0.25, 0.3) is 0 Å². The highest BCUT2D eigenvalue weighted by Gasteiger charge is 2.37. The van der Waals surface area contributed by atoms with Crippen molar-refractivity contribution in [3.63, 3.8) is 0 Å². The van der Waals surface area contributed by atoms with Gasteiger partial charge < -0.3 is 0 Å². The Hall–Kier alpha value is -1.85. The highest BCUT2D eigenvalue weighted by molar-refractivity contribution is 6.31. The highest BCUT2D eigenvalue weighted by atomic mass is 35.5. The molecule has 1 aliphatic carbocycles. The number of benzene rings is 2. The summed E-state index contributed by atoms with van der Waals surface area (Å²) in [5, 5.41) is 10.0. The van der Waals surface area contributed by atoms with Gasteiger partial charge in [0, 0.05) is 5.02 Å². The van der Waals surface area contributed by atoms with Crippen LogP contribution in [0.1, 0.15) is 16.7 Å². The molecule has 0 aliphatic heterocycles. The van der Waals surface area contributed by atoms with Gasteiger partial charge in [-0.05, 0) is 48.1 Å². The van der Waals surface area contributed by atoms with E-state index in [0.717, 1.165) is 18.4 Å². The van der Waals surface area contributed by atoms with Crippen LogP contribution in [0.3, 0.4) is 0 Å². The first-order chi connectivity index (χ1) is 9.62. The second-order valence-corrected chi connectivity index (χ2v) is 5.83. The average molecular weight is 286 g/mol. The number of hydrogen-bond donors (Lipinski definition) is 0. The van der Waals surface area contributed by atoms with Crippen molar-refractivity contribution in [1.82, 2.24) is 0 Å². The van der Waals surface area contributed by atoms with E-state index >= 15 is 0 Å². The Balaban J connectivity index is 1.92. The summed E-state index contributed by atoms with van der Waals surface area (Å²) < 4.78 is 13.1. The summed E-state index contributed by atoms with van der Waals surface area (Å²) in [4.78, 5) is 0. The van der Waals surface area contributed by atoms with Crippen LogP contribution in [-0.4, -0.2) is 0 Å². The number of rotatable bonds is 2. The molecular weight excluding hydrogens is 273 g/mol. The molecular formula is C17H13ClFN. The van der Waals surface area contributed by atoms with E-state index < -0.39 is 5.41 Å². The molecule has 3 rings (SSSR count). The summed E-state index contributed by atoms with van der Waals surface area (Å²) in [6.45, 7) is 0. The molecule has 1 aliphatic rings. The second-order valence-electron chi connectivity index (χ2n) is 5.43. The number of fused-ring (bicyclic) bond motifs is 1. The Labute approximate surface area is 122 Å². The van der Waals surface area contributed by atoms with Gasteiger partial charge in [0.1, 0.15) is 5.82 Å². The van der Waals surface area contributed by atoms with Gasteiger partial charge in [-0.3, -0.25) is 0 Å². The summed E-state index contributed by atoms with van der Waals surface area (Å²) in [7, 11) is 0. The number of hydrogen-bond acceptors (Lipinski definition) is 1. The van der Waals surface area contributed by atoms with Gasteiger partial charge in [-0.2, -0.15) is 5.26 Å². The smallest absolute Gasteiger partial charge is 0.124 e. The van der Waals surface area contributed by atoms with Crippen LogP contribution in [0, 0.1) is 22.6 Å². The van der Waals surface area contributed by atoms with Crippen molar-refractivity contribution < 1.29 is 4.39 Å². The zero-order valence-corrected chi connectivity index (χ0v) is 11.6. The topological polar surface area (TPSA) is 23.8 Å². The Bertz CT molecular complexity index is 677. The minimum atomic E-state index is -0.467. The van der Waals surface area contributed by atoms with E-state index in [0.29, 0.717) is 11.4 Å². The standard InChI is InChI=1S/C17H13ClFN/c18-16-7-15(19)6-5-14(16)10-17(11-20)8-12-3-1-2-4-13(12)9-17/h1-7H,8-10H2. The highest BCUT2D eigenvalue weighted by Crippen LogP contribution is 2.40. The van der Waals surface area contributed by atoms with Crippen LogP contribution in [0.15, 0.2) is 42.5 Å². The lowest BCUT2D eigenvalue weighted by Crippen LogP contribution is -2.22. The lowest BCUT2D eigenvalue weighted by atomic mass is 9.80. The fourth-order valence-corrected chi connectivity index (χ4v) is 3.20. The number of nitrogens with zero attached hydrogens (tertiary/aromatic N) is 1. The Morgan fingerprint density at radius 3 is 2.35 bits per heavy atom. The third-order valence-corrected chi connectivity index (χ3v) is 4.31. The first-order valence-corrected chi connectivity index (χ1v) is 6.92. The van der Waals surface area contributed by atoms with E-state index in [-0.39, 0.29) is 5.82 Å². The van der Waals surface area contributed by atoms with Crippen molar-refractivity contribution >= 4 is 11.6 Å². The summed E-state index contributed by atoms with van der Waals surface area (Å²) in [5.41, 5.74) is 2.83. The SMILES string of the molecule is N#CC1(Cc2ccc(F)cc2Cl)Cc2ccccc2C1. The molecule has 0 radical (unpaired) electrons. The zero-order valence-electron chi connectivity index (χ0n) is 10.9. The summed E-state index contributed by atoms with van der Waals surface area (Å²) in [6.07, 6.45) is 2.01. The number of nitriles is 1. The summed E-state index contributed by atoms with van der Waals surface area (Å²) in [5.74, 6) is -0.348. The monoisotopic (exact) mass is 285 g/mol. The first-order valence-electron chi connectivity index (χ1n) is 6.54. The van der Waals surface area contributed by atoms with Gasteiger partial charge in [0.05, 0.1) is 11.5 Å². The molecule has 100 valence electrons. The predicted molar refractivity (Wildman–Crippen MR) is 77.0 cm³/mol. The van der Waals surface area contributed by atoms with Crippen LogP contribution < -0.4 is 0 Å². The molecule has 0 bridgehead atoms. The molecule has 0 atom stereocenters. The Morgan fingerprint density at radius 1 is 1.15 bits per heavy atom. The van der Waals surface area contributed by atoms with E-state index in [1.165, 1.54) is 23.3 Å². The van der Waals surface area contributed by atoms with E-state index in [9.17, 15) is 9.65 Å². The van der Waals surface area contributed by atoms with E-state index in [4.69, 9.17) is 11.6 Å². The zero-order chi connectivity index (χ0) is 14.2. The van der Waals surface area contributed by atoms with Crippen LogP contribution in [-0.2, 0) is 19.3 Å². The lowest BCUT2D eigenvalue weighted by molar-refractivity contribution is 0.418. The third kappa shape index (κ3) is 2.30. The van der Waals surface area contributed by atoms with Crippen LogP contribution in [0.2, 0.25) is 5.02 Å². The van der Waals surface area contributed by atoms with Crippen LogP contribution in [0.4, 0.5) is 4.39 Å². The van der Waals surface area contributed by atoms with Crippen molar-refractivity contribution in [3.8, 4) is 6.07 Å². The molecule has 3 heteroatoms. The first kappa shape index (κ1) is 13.1. The van der Waals surface area contributed by atoms with Gasteiger partial charge in [0.25, 0.3) is 0 Å². The fourth-order valence-electron chi connectivity index (χ4n) is 2.97. The van der Waals surface area contributed by atoms with Gasteiger partial charge in [-0.15, -0.1) is 0 Å². The van der Waals surface area contributed by atoms with Crippen LogP contribution in [0.5, 0.6) is 0 Å². The molecule has 0 spiro atoms. The van der Waals surface area contributed by atoms with Gasteiger partial charge in [-0.1, -0.05) is 41.9 Å². The van der Waals surface area contributed by atoms with E-state index in [1.54, 1.807) is 6.07 Å². The maximum Gasteiger partial charge on any atom is 0.124 e. The predicted octanol–water partition coefficient (Wildman–Crippen LogP) is 4.33. The maximum absolute atomic E-state index is 13.1. The molecule has 0 aromatic heterocycles. The second kappa shape index (κ2) is 4.92. The minimum Gasteiger partial charge on any atom is -0.207 e. The third-order valence-electron chi connectivity index (χ3n) is 3.96. The molecule has 0 unspecified atom stereocenters. The van der Waals surface area contributed by atoms with E-state index in [1.807, 2.05) is 12.1 Å². The van der Waals surface area contributed by atoms with Gasteiger partial charge >= 0.3 is 0 Å². The van der Waals surface area contributed by atoms with Crippen LogP contribution >= 0.6 is 11.6 Å². The quantitative estimate of drug-likeness (QED) is 0.806. The molecule has 0 fully saturated rings. The normalized spacial score (nSPS) is 15.7. The molecule has 1 nitrogen and oxygen atoms in total. The summed E-state index contributed by atoms with van der Waals surface area (Å²) in [6, 6.07) is 15.0. The van der Waals surface area contributed by atoms with Crippen molar-refractivity contribution in [3.05, 3.63) is 70.0 Å². The molecule has 20 heavy (non-hydrogen) atoms. The molecule has 0 saturated heterocycles. The largest absolute Gasteiger partial charge is 0.207 e. The van der Waals surface area contributed by atoms with E-state index in [2.05, 4.69) is 18.2 Å². The van der Waals surface area contributed by atoms with Gasteiger partial charge in [0.2, 0.25) is 0 Å². The van der Waals surface area contributed by atoms with Crippen molar-refractivity contribution in [2.45, 2.75) is 19.3 Å². The lowest BCUT2D eigenvalue weighted by Gasteiger charge is -2.21. The molecule has 0 N–H and O–H groups in total. The van der Waals surface area contributed by atoms with Gasteiger partial charge in [-0.25, -0.2) is 4.39 Å². The van der Waals surface area contributed by atoms with Crippen molar-refractivity contribution in [2.24, 2.45) is 5.41 Å². The molecule has 0 saturated carbocycles. The summed E-state index contributed by atoms with van der Waals surface area (Å²) >= 11 is 6.09. The maximum atomic E-state index is 13.1. The van der Waals surface area contributed by atoms with Gasteiger partial charge in [0.15, 0.2) is 0 Å². The molecule has 0 heterocycles. The number of halogens is 2. The van der Waals surface area contributed by atoms with Crippen molar-refractivity contribution in [1.29, 1.82) is 5.26 Å².